The molecule has 7 heteroatoms. The van der Waals surface area contributed by atoms with Crippen LogP contribution >= 0.6 is 0 Å². The highest BCUT2D eigenvalue weighted by Crippen LogP contribution is 2.28. The van der Waals surface area contributed by atoms with Gasteiger partial charge in [-0.1, -0.05) is 42.5 Å². The van der Waals surface area contributed by atoms with Crippen molar-refractivity contribution in [1.29, 1.82) is 0 Å². The Bertz CT molecular complexity index is 1420. The molecule has 29 heavy (non-hydrogen) atoms. The lowest BCUT2D eigenvalue weighted by molar-refractivity contribution is 0.412. The molecule has 0 saturated carbocycles. The zero-order valence-electron chi connectivity index (χ0n) is 15.9. The molecule has 0 fully saturated rings. The Morgan fingerprint density at radius 1 is 0.931 bits per heavy atom. The van der Waals surface area contributed by atoms with Crippen molar-refractivity contribution in [2.45, 2.75) is 6.92 Å². The van der Waals surface area contributed by atoms with Gasteiger partial charge in [0.1, 0.15) is 11.3 Å². The molecule has 0 bridgehead atoms. The van der Waals surface area contributed by atoms with E-state index >= 15 is 0 Å². The maximum Gasteiger partial charge on any atom is 0.285 e. The van der Waals surface area contributed by atoms with E-state index in [1.807, 2.05) is 67.6 Å². The van der Waals surface area contributed by atoms with E-state index in [1.54, 1.807) is 17.8 Å². The summed E-state index contributed by atoms with van der Waals surface area (Å²) in [5, 5.41) is 13.3. The van der Waals surface area contributed by atoms with Gasteiger partial charge in [0.15, 0.2) is 11.2 Å². The van der Waals surface area contributed by atoms with Crippen LogP contribution in [0, 0.1) is 6.92 Å². The van der Waals surface area contributed by atoms with E-state index in [4.69, 9.17) is 4.74 Å². The first-order chi connectivity index (χ1) is 14.2. The van der Waals surface area contributed by atoms with Crippen molar-refractivity contribution in [2.75, 3.05) is 7.11 Å². The van der Waals surface area contributed by atoms with Crippen molar-refractivity contribution in [3.05, 3.63) is 82.9 Å². The molecule has 0 aliphatic carbocycles. The molecule has 0 unspecified atom stereocenters. The molecule has 0 aliphatic heterocycles. The van der Waals surface area contributed by atoms with E-state index in [-0.39, 0.29) is 11.1 Å². The third-order valence-corrected chi connectivity index (χ3v) is 4.96. The Balaban J connectivity index is 1.78. The molecule has 0 radical (unpaired) electrons. The third kappa shape index (κ3) is 2.59. The number of aryl methyl sites for hydroxylation is 1. The normalized spacial score (nSPS) is 11.2. The van der Waals surface area contributed by atoms with Crippen molar-refractivity contribution < 1.29 is 4.74 Å². The van der Waals surface area contributed by atoms with Crippen molar-refractivity contribution in [3.63, 3.8) is 0 Å². The molecule has 0 N–H and O–H groups in total. The fraction of sp³-hybridized carbons (Fsp3) is 0.0909. The molecular formula is C22H17N5O2. The number of para-hydroxylation sites is 2. The third-order valence-electron chi connectivity index (χ3n) is 4.96. The zero-order chi connectivity index (χ0) is 20.0. The lowest BCUT2D eigenvalue weighted by Gasteiger charge is -2.11. The van der Waals surface area contributed by atoms with Gasteiger partial charge in [-0.25, -0.2) is 4.52 Å². The molecule has 3 heterocycles. The van der Waals surface area contributed by atoms with Gasteiger partial charge in [-0.2, -0.15) is 5.10 Å². The number of hydrogen-bond donors (Lipinski definition) is 0. The summed E-state index contributed by atoms with van der Waals surface area (Å²) in [6.45, 7) is 1.93. The second-order valence-corrected chi connectivity index (χ2v) is 6.66. The molecule has 7 nitrogen and oxygen atoms in total. The summed E-state index contributed by atoms with van der Waals surface area (Å²) >= 11 is 0. The largest absolute Gasteiger partial charge is 0.495 e. The molecule has 0 aliphatic rings. The fourth-order valence-corrected chi connectivity index (χ4v) is 3.61. The van der Waals surface area contributed by atoms with Gasteiger partial charge < -0.3 is 4.74 Å². The second kappa shape index (κ2) is 6.56. The van der Waals surface area contributed by atoms with E-state index in [9.17, 15) is 4.79 Å². The van der Waals surface area contributed by atoms with Gasteiger partial charge >= 0.3 is 0 Å². The highest BCUT2D eigenvalue weighted by atomic mass is 16.5. The average Bonchev–Trinajstić information content (AvgIpc) is 3.11. The zero-order valence-corrected chi connectivity index (χ0v) is 15.9. The minimum Gasteiger partial charge on any atom is -0.495 e. The summed E-state index contributed by atoms with van der Waals surface area (Å²) < 4.78 is 8.59. The summed E-state index contributed by atoms with van der Waals surface area (Å²) in [6.07, 6.45) is 1.71. The van der Waals surface area contributed by atoms with Gasteiger partial charge in [-0.15, -0.1) is 10.2 Å². The summed E-state index contributed by atoms with van der Waals surface area (Å²) in [6, 6.07) is 19.1. The van der Waals surface area contributed by atoms with E-state index in [0.29, 0.717) is 22.6 Å². The number of hydrogen-bond acceptors (Lipinski definition) is 5. The lowest BCUT2D eigenvalue weighted by Crippen LogP contribution is -2.20. The standard InChI is InChI=1S/C22H17N5O2/c1-14-19(15-8-4-3-5-9-15)21-24-23-20-17(27(21)25-14)12-13-26(22(20)28)16-10-6-7-11-18(16)29-2/h3-13H,1-2H3. The number of rotatable bonds is 3. The van der Waals surface area contributed by atoms with Crippen LogP contribution in [0.15, 0.2) is 71.7 Å². The molecule has 2 aromatic carbocycles. The lowest BCUT2D eigenvalue weighted by atomic mass is 10.1. The summed E-state index contributed by atoms with van der Waals surface area (Å²) in [5.74, 6) is 0.601. The molecule has 5 rings (SSSR count). The van der Waals surface area contributed by atoms with Gasteiger partial charge in [0.2, 0.25) is 0 Å². The molecule has 142 valence electrons. The molecule has 0 spiro atoms. The van der Waals surface area contributed by atoms with Crippen molar-refractivity contribution in [1.82, 2.24) is 24.4 Å². The van der Waals surface area contributed by atoms with Gasteiger partial charge in [0.25, 0.3) is 5.56 Å². The number of pyridine rings is 1. The predicted molar refractivity (Wildman–Crippen MR) is 111 cm³/mol. The smallest absolute Gasteiger partial charge is 0.285 e. The van der Waals surface area contributed by atoms with E-state index in [1.165, 1.54) is 4.57 Å². The first kappa shape index (κ1) is 17.1. The second-order valence-electron chi connectivity index (χ2n) is 6.66. The van der Waals surface area contributed by atoms with Crippen LogP contribution in [0.1, 0.15) is 5.69 Å². The van der Waals surface area contributed by atoms with Gasteiger partial charge in [0, 0.05) is 6.20 Å². The Labute approximate surface area is 165 Å². The van der Waals surface area contributed by atoms with Crippen LogP contribution in [0.2, 0.25) is 0 Å². The molecule has 5 aromatic rings. The minimum atomic E-state index is -0.282. The van der Waals surface area contributed by atoms with E-state index < -0.39 is 0 Å². The first-order valence-electron chi connectivity index (χ1n) is 9.15. The van der Waals surface area contributed by atoms with Crippen LogP contribution in [-0.4, -0.2) is 31.5 Å². The fourth-order valence-electron chi connectivity index (χ4n) is 3.61. The van der Waals surface area contributed by atoms with Gasteiger partial charge in [-0.3, -0.25) is 9.36 Å². The quantitative estimate of drug-likeness (QED) is 0.477. The Hall–Kier alpha value is -4.00. The summed E-state index contributed by atoms with van der Waals surface area (Å²) in [5.41, 5.74) is 4.58. The molecule has 3 aromatic heterocycles. The topological polar surface area (TPSA) is 74.3 Å². The van der Waals surface area contributed by atoms with E-state index in [0.717, 1.165) is 16.8 Å². The van der Waals surface area contributed by atoms with Crippen LogP contribution in [-0.2, 0) is 0 Å². The van der Waals surface area contributed by atoms with Gasteiger partial charge in [0.05, 0.1) is 24.1 Å². The predicted octanol–water partition coefficient (Wildman–Crippen LogP) is 3.41. The number of aromatic nitrogens is 5. The average molecular weight is 383 g/mol. The van der Waals surface area contributed by atoms with Gasteiger partial charge in [-0.05, 0) is 30.7 Å². The summed E-state index contributed by atoms with van der Waals surface area (Å²) in [4.78, 5) is 13.2. The molecule has 0 saturated heterocycles. The highest BCUT2D eigenvalue weighted by molar-refractivity contribution is 5.84. The maximum atomic E-state index is 13.2. The highest BCUT2D eigenvalue weighted by Gasteiger charge is 2.18. The molecule has 0 atom stereocenters. The molecule has 0 amide bonds. The van der Waals surface area contributed by atoms with Crippen LogP contribution in [0.4, 0.5) is 0 Å². The number of ether oxygens (including phenoxy) is 1. The monoisotopic (exact) mass is 383 g/mol. The van der Waals surface area contributed by atoms with E-state index in [2.05, 4.69) is 15.3 Å². The molecular weight excluding hydrogens is 366 g/mol. The van der Waals surface area contributed by atoms with Crippen LogP contribution < -0.4 is 10.3 Å². The Morgan fingerprint density at radius 2 is 1.69 bits per heavy atom. The Kier molecular flexibility index (Phi) is 3.87. The summed E-state index contributed by atoms with van der Waals surface area (Å²) in [7, 11) is 1.58. The SMILES string of the molecule is COc1ccccc1-n1ccc2c(nnc3c(-c4ccccc4)c(C)nn32)c1=O. The maximum absolute atomic E-state index is 13.2. The number of fused-ring (bicyclic) bond motifs is 3. The minimum absolute atomic E-state index is 0.244. The van der Waals surface area contributed by atoms with Crippen molar-refractivity contribution >= 4 is 16.7 Å². The first-order valence-corrected chi connectivity index (χ1v) is 9.15. The van der Waals surface area contributed by atoms with Crippen LogP contribution in [0.3, 0.4) is 0 Å². The number of benzene rings is 2. The van der Waals surface area contributed by atoms with Crippen LogP contribution in [0.25, 0.3) is 33.5 Å². The number of methoxy groups -OCH3 is 1. The number of nitrogens with zero attached hydrogens (tertiary/aromatic N) is 5. The van der Waals surface area contributed by atoms with Crippen molar-refractivity contribution in [3.8, 4) is 22.6 Å². The van der Waals surface area contributed by atoms with Crippen molar-refractivity contribution in [2.24, 2.45) is 0 Å². The van der Waals surface area contributed by atoms with Crippen LogP contribution in [0.5, 0.6) is 5.75 Å². The Morgan fingerprint density at radius 3 is 2.48 bits per heavy atom.